The highest BCUT2D eigenvalue weighted by molar-refractivity contribution is 8.00. The lowest BCUT2D eigenvalue weighted by atomic mass is 9.94. The van der Waals surface area contributed by atoms with E-state index in [0.29, 0.717) is 11.5 Å². The summed E-state index contributed by atoms with van der Waals surface area (Å²) in [5.74, 6) is 2.34. The van der Waals surface area contributed by atoms with Gasteiger partial charge in [-0.1, -0.05) is 42.5 Å². The smallest absolute Gasteiger partial charge is 0.146 e. The molecule has 2 aromatic rings. The molecular weight excluding hydrogens is 228 g/mol. The number of carbonyl (C=O) groups is 1. The van der Waals surface area contributed by atoms with Gasteiger partial charge in [-0.15, -0.1) is 0 Å². The Morgan fingerprint density at radius 3 is 2.76 bits per heavy atom. The molecule has 0 aliphatic carbocycles. The molecule has 1 aliphatic rings. The molecule has 2 aromatic carbocycles. The molecule has 1 nitrogen and oxygen atoms in total. The normalized spacial score (nSPS) is 20.0. The second-order valence-corrected chi connectivity index (χ2v) is 5.55. The number of hydrogen-bond donors (Lipinski definition) is 0. The first kappa shape index (κ1) is 10.8. The predicted molar refractivity (Wildman–Crippen MR) is 73.5 cm³/mol. The van der Waals surface area contributed by atoms with Crippen molar-refractivity contribution in [1.82, 2.24) is 0 Å². The zero-order chi connectivity index (χ0) is 11.7. The van der Waals surface area contributed by atoms with Gasteiger partial charge >= 0.3 is 0 Å². The molecule has 3 rings (SSSR count). The Kier molecular flexibility index (Phi) is 2.89. The highest BCUT2D eigenvalue weighted by Gasteiger charge is 2.25. The molecule has 0 amide bonds. The van der Waals surface area contributed by atoms with Crippen LogP contribution in [0, 0.1) is 5.92 Å². The van der Waals surface area contributed by atoms with Gasteiger partial charge in [0.2, 0.25) is 0 Å². The summed E-state index contributed by atoms with van der Waals surface area (Å²) in [6.07, 6.45) is 0.896. The van der Waals surface area contributed by atoms with Crippen molar-refractivity contribution in [3.8, 4) is 0 Å². The summed E-state index contributed by atoms with van der Waals surface area (Å²) in [5.41, 5.74) is 1.31. The van der Waals surface area contributed by atoms with Crippen molar-refractivity contribution in [2.45, 2.75) is 6.42 Å². The highest BCUT2D eigenvalue weighted by atomic mass is 32.2. The van der Waals surface area contributed by atoms with E-state index in [1.165, 1.54) is 16.3 Å². The third-order valence-corrected chi connectivity index (χ3v) is 4.49. The van der Waals surface area contributed by atoms with Gasteiger partial charge in [0.15, 0.2) is 0 Å². The van der Waals surface area contributed by atoms with E-state index in [1.807, 2.05) is 0 Å². The number of thioether (sulfide) groups is 1. The van der Waals surface area contributed by atoms with E-state index in [9.17, 15) is 4.79 Å². The number of ketones is 1. The zero-order valence-corrected chi connectivity index (χ0v) is 10.4. The fourth-order valence-corrected chi connectivity index (χ4v) is 3.56. The fraction of sp³-hybridized carbons (Fsp3) is 0.267. The molecule has 1 fully saturated rings. The Morgan fingerprint density at radius 2 is 1.94 bits per heavy atom. The zero-order valence-electron chi connectivity index (χ0n) is 9.56. The van der Waals surface area contributed by atoms with Crippen molar-refractivity contribution < 1.29 is 4.79 Å². The van der Waals surface area contributed by atoms with Crippen LogP contribution in [0.2, 0.25) is 0 Å². The quantitative estimate of drug-likeness (QED) is 0.803. The van der Waals surface area contributed by atoms with Gasteiger partial charge in [-0.25, -0.2) is 0 Å². The maximum atomic E-state index is 11.7. The number of carbonyl (C=O) groups excluding carboxylic acids is 1. The SMILES string of the molecule is O=C1CSCC1Cc1cccc2ccccc12. The lowest BCUT2D eigenvalue weighted by molar-refractivity contribution is -0.119. The van der Waals surface area contributed by atoms with Crippen LogP contribution < -0.4 is 0 Å². The molecule has 0 N–H and O–H groups in total. The summed E-state index contributed by atoms with van der Waals surface area (Å²) in [4.78, 5) is 11.7. The average molecular weight is 242 g/mol. The molecular formula is C15H14OS. The van der Waals surface area contributed by atoms with Gasteiger partial charge in [0.25, 0.3) is 0 Å². The first-order valence-electron chi connectivity index (χ1n) is 5.92. The van der Waals surface area contributed by atoms with E-state index >= 15 is 0 Å². The van der Waals surface area contributed by atoms with Crippen molar-refractivity contribution in [3.05, 3.63) is 48.0 Å². The first-order chi connectivity index (χ1) is 8.34. The third kappa shape index (κ3) is 2.09. The minimum Gasteiger partial charge on any atom is -0.298 e. The average Bonchev–Trinajstić information content (AvgIpc) is 2.76. The van der Waals surface area contributed by atoms with Crippen LogP contribution in [0.15, 0.2) is 42.5 Å². The molecule has 1 heterocycles. The molecule has 1 aliphatic heterocycles. The molecule has 0 spiro atoms. The van der Waals surface area contributed by atoms with E-state index in [0.717, 1.165) is 12.2 Å². The van der Waals surface area contributed by atoms with Crippen LogP contribution in [0.1, 0.15) is 5.56 Å². The van der Waals surface area contributed by atoms with E-state index < -0.39 is 0 Å². The number of Topliss-reactive ketones (excluding diaryl/α,β-unsaturated/α-hetero) is 1. The van der Waals surface area contributed by atoms with Crippen LogP contribution in [0.5, 0.6) is 0 Å². The van der Waals surface area contributed by atoms with E-state index in [2.05, 4.69) is 42.5 Å². The summed E-state index contributed by atoms with van der Waals surface area (Å²) in [6.45, 7) is 0. The summed E-state index contributed by atoms with van der Waals surface area (Å²) in [6, 6.07) is 14.8. The van der Waals surface area contributed by atoms with Crippen molar-refractivity contribution in [2.24, 2.45) is 5.92 Å². The molecule has 17 heavy (non-hydrogen) atoms. The van der Waals surface area contributed by atoms with Gasteiger partial charge in [-0.2, -0.15) is 11.8 Å². The minimum atomic E-state index is 0.228. The molecule has 0 aromatic heterocycles. The summed E-state index contributed by atoms with van der Waals surface area (Å²) in [7, 11) is 0. The molecule has 1 saturated heterocycles. The van der Waals surface area contributed by atoms with E-state index in [1.54, 1.807) is 11.8 Å². The lowest BCUT2D eigenvalue weighted by Crippen LogP contribution is -2.14. The number of rotatable bonds is 2. The van der Waals surface area contributed by atoms with Crippen LogP contribution in [0.4, 0.5) is 0 Å². The molecule has 2 heteroatoms. The topological polar surface area (TPSA) is 17.1 Å². The van der Waals surface area contributed by atoms with Gasteiger partial charge in [0.1, 0.15) is 5.78 Å². The summed E-state index contributed by atoms with van der Waals surface area (Å²) >= 11 is 1.77. The Hall–Kier alpha value is -1.28. The highest BCUT2D eigenvalue weighted by Crippen LogP contribution is 2.27. The Balaban J connectivity index is 1.97. The van der Waals surface area contributed by atoms with Crippen LogP contribution >= 0.6 is 11.8 Å². The fourth-order valence-electron chi connectivity index (χ4n) is 2.42. The maximum Gasteiger partial charge on any atom is 0.146 e. The Bertz CT molecular complexity index is 556. The predicted octanol–water partition coefficient (Wildman–Crippen LogP) is 3.31. The van der Waals surface area contributed by atoms with E-state index in [4.69, 9.17) is 0 Å². The van der Waals surface area contributed by atoms with Gasteiger partial charge in [-0.05, 0) is 22.8 Å². The largest absolute Gasteiger partial charge is 0.298 e. The second-order valence-electron chi connectivity index (χ2n) is 4.52. The summed E-state index contributed by atoms with van der Waals surface area (Å²) in [5, 5.41) is 2.56. The van der Waals surface area contributed by atoms with Crippen molar-refractivity contribution in [1.29, 1.82) is 0 Å². The van der Waals surface area contributed by atoms with Crippen LogP contribution in [0.25, 0.3) is 10.8 Å². The van der Waals surface area contributed by atoms with Crippen molar-refractivity contribution in [3.63, 3.8) is 0 Å². The standard InChI is InChI=1S/C15H14OS/c16-15-10-17-9-13(15)8-12-6-3-5-11-4-1-2-7-14(11)12/h1-7,13H,8-10H2. The molecule has 1 unspecified atom stereocenters. The Morgan fingerprint density at radius 1 is 1.12 bits per heavy atom. The molecule has 0 bridgehead atoms. The van der Waals surface area contributed by atoms with Gasteiger partial charge in [0.05, 0.1) is 5.75 Å². The van der Waals surface area contributed by atoms with Gasteiger partial charge in [-0.3, -0.25) is 4.79 Å². The summed E-state index contributed by atoms with van der Waals surface area (Å²) < 4.78 is 0. The van der Waals surface area contributed by atoms with E-state index in [-0.39, 0.29) is 5.92 Å². The minimum absolute atomic E-state index is 0.228. The molecule has 0 saturated carbocycles. The van der Waals surface area contributed by atoms with Crippen molar-refractivity contribution in [2.75, 3.05) is 11.5 Å². The monoisotopic (exact) mass is 242 g/mol. The third-order valence-electron chi connectivity index (χ3n) is 3.36. The van der Waals surface area contributed by atoms with Gasteiger partial charge in [0, 0.05) is 11.7 Å². The lowest BCUT2D eigenvalue weighted by Gasteiger charge is -2.10. The van der Waals surface area contributed by atoms with Gasteiger partial charge < -0.3 is 0 Å². The maximum absolute atomic E-state index is 11.7. The number of benzene rings is 2. The van der Waals surface area contributed by atoms with Crippen LogP contribution in [-0.2, 0) is 11.2 Å². The Labute approximate surface area is 105 Å². The molecule has 0 radical (unpaired) electrons. The van der Waals surface area contributed by atoms with Crippen molar-refractivity contribution >= 4 is 28.3 Å². The van der Waals surface area contributed by atoms with Crippen LogP contribution in [-0.4, -0.2) is 17.3 Å². The molecule has 86 valence electrons. The number of fused-ring (bicyclic) bond motifs is 1. The molecule has 1 atom stereocenters. The second kappa shape index (κ2) is 4.53. The number of hydrogen-bond acceptors (Lipinski definition) is 2. The first-order valence-corrected chi connectivity index (χ1v) is 7.07. The van der Waals surface area contributed by atoms with Crippen LogP contribution in [0.3, 0.4) is 0 Å².